The van der Waals surface area contributed by atoms with E-state index in [4.69, 9.17) is 11.6 Å². The molecule has 1 rings (SSSR count). The van der Waals surface area contributed by atoms with E-state index in [1.165, 1.54) is 18.2 Å². The zero-order valence-electron chi connectivity index (χ0n) is 11.1. The second kappa shape index (κ2) is 6.52. The molecule has 6 heteroatoms. The molecule has 0 saturated carbocycles. The van der Waals surface area contributed by atoms with Crippen molar-refractivity contribution in [1.29, 1.82) is 0 Å². The maximum Gasteiger partial charge on any atom is 0.269 e. The zero-order valence-corrected chi connectivity index (χ0v) is 11.9. The van der Waals surface area contributed by atoms with Crippen molar-refractivity contribution in [2.45, 2.75) is 26.8 Å². The second-order valence-corrected chi connectivity index (χ2v) is 5.04. The van der Waals surface area contributed by atoms with Gasteiger partial charge in [-0.3, -0.25) is 14.9 Å². The Morgan fingerprint density at radius 3 is 2.53 bits per heavy atom. The van der Waals surface area contributed by atoms with Crippen molar-refractivity contribution in [1.82, 2.24) is 5.32 Å². The summed E-state index contributed by atoms with van der Waals surface area (Å²) in [5.74, 6) is 0.293. The van der Waals surface area contributed by atoms with Crippen LogP contribution in [0.4, 0.5) is 5.69 Å². The zero-order chi connectivity index (χ0) is 14.6. The number of benzene rings is 1. The van der Waals surface area contributed by atoms with Crippen LogP contribution >= 0.6 is 11.6 Å². The summed E-state index contributed by atoms with van der Waals surface area (Å²) in [4.78, 5) is 22.2. The summed E-state index contributed by atoms with van der Waals surface area (Å²) in [5, 5.41) is 13.5. The fraction of sp³-hybridized carbons (Fsp3) is 0.462. The summed E-state index contributed by atoms with van der Waals surface area (Å²) in [7, 11) is 0. The van der Waals surface area contributed by atoms with Crippen LogP contribution in [0.5, 0.6) is 0 Å². The molecule has 0 aliphatic carbocycles. The number of alkyl halides is 1. The molecule has 1 aromatic carbocycles. The molecular weight excluding hydrogens is 268 g/mol. The van der Waals surface area contributed by atoms with Gasteiger partial charge in [-0.25, -0.2) is 0 Å². The van der Waals surface area contributed by atoms with Crippen LogP contribution in [0.15, 0.2) is 18.2 Å². The number of nitro groups is 1. The highest BCUT2D eigenvalue weighted by molar-refractivity contribution is 6.18. The van der Waals surface area contributed by atoms with Crippen molar-refractivity contribution in [3.8, 4) is 0 Å². The highest BCUT2D eigenvalue weighted by Gasteiger charge is 2.18. The summed E-state index contributed by atoms with van der Waals surface area (Å²) in [6.45, 7) is 5.61. The van der Waals surface area contributed by atoms with Crippen molar-refractivity contribution >= 4 is 23.2 Å². The molecule has 1 N–H and O–H groups in total. The van der Waals surface area contributed by atoms with Gasteiger partial charge < -0.3 is 5.32 Å². The highest BCUT2D eigenvalue weighted by atomic mass is 35.5. The number of aryl methyl sites for hydroxylation is 1. The van der Waals surface area contributed by atoms with E-state index in [9.17, 15) is 14.9 Å². The Morgan fingerprint density at radius 2 is 2.11 bits per heavy atom. The van der Waals surface area contributed by atoms with Gasteiger partial charge in [0, 0.05) is 29.6 Å². The standard InChI is InChI=1S/C13H17ClN2O3/c1-8(2)12(7-14)15-13(17)11-5-4-10(16(18)19)6-9(11)3/h4-6,8,12H,7H2,1-3H3,(H,15,17). The Balaban J connectivity index is 2.91. The molecule has 0 heterocycles. The minimum absolute atomic E-state index is 0.0215. The van der Waals surface area contributed by atoms with E-state index in [1.54, 1.807) is 6.92 Å². The largest absolute Gasteiger partial charge is 0.348 e. The number of carbonyl (C=O) groups is 1. The molecule has 1 aromatic rings. The summed E-state index contributed by atoms with van der Waals surface area (Å²) in [6.07, 6.45) is 0. The molecule has 0 aliphatic rings. The molecule has 1 amide bonds. The first-order valence-electron chi connectivity index (χ1n) is 5.98. The Morgan fingerprint density at radius 1 is 1.47 bits per heavy atom. The smallest absolute Gasteiger partial charge is 0.269 e. The normalized spacial score (nSPS) is 12.3. The molecule has 0 radical (unpaired) electrons. The Bertz CT molecular complexity index is 489. The minimum Gasteiger partial charge on any atom is -0.348 e. The fourth-order valence-electron chi connectivity index (χ4n) is 1.65. The van der Waals surface area contributed by atoms with Crippen molar-refractivity contribution in [2.75, 3.05) is 5.88 Å². The summed E-state index contributed by atoms with van der Waals surface area (Å²) < 4.78 is 0. The molecule has 0 aromatic heterocycles. The van der Waals surface area contributed by atoms with Crippen molar-refractivity contribution in [2.24, 2.45) is 5.92 Å². The lowest BCUT2D eigenvalue weighted by Crippen LogP contribution is -2.40. The van der Waals surface area contributed by atoms with E-state index in [0.717, 1.165) is 0 Å². The number of halogens is 1. The molecule has 0 fully saturated rings. The topological polar surface area (TPSA) is 72.2 Å². The van der Waals surface area contributed by atoms with Crippen LogP contribution in [-0.2, 0) is 0 Å². The van der Waals surface area contributed by atoms with Crippen LogP contribution in [0.3, 0.4) is 0 Å². The number of nitro benzene ring substituents is 1. The van der Waals surface area contributed by atoms with Gasteiger partial charge in [-0.1, -0.05) is 13.8 Å². The molecule has 1 atom stereocenters. The van der Waals surface area contributed by atoms with Gasteiger partial charge in [0.05, 0.1) is 4.92 Å². The van der Waals surface area contributed by atoms with Gasteiger partial charge in [0.2, 0.25) is 0 Å². The van der Waals surface area contributed by atoms with Crippen LogP contribution < -0.4 is 5.32 Å². The van der Waals surface area contributed by atoms with Crippen LogP contribution in [-0.4, -0.2) is 22.8 Å². The lowest BCUT2D eigenvalue weighted by Gasteiger charge is -2.20. The molecule has 19 heavy (non-hydrogen) atoms. The number of hydrogen-bond acceptors (Lipinski definition) is 3. The first-order chi connectivity index (χ1) is 8.86. The van der Waals surface area contributed by atoms with Crippen LogP contribution in [0.2, 0.25) is 0 Å². The van der Waals surface area contributed by atoms with E-state index in [-0.39, 0.29) is 23.6 Å². The van der Waals surface area contributed by atoms with E-state index in [0.29, 0.717) is 17.0 Å². The Labute approximate surface area is 117 Å². The van der Waals surface area contributed by atoms with Gasteiger partial charge in [-0.15, -0.1) is 11.6 Å². The van der Waals surface area contributed by atoms with Crippen molar-refractivity contribution in [3.05, 3.63) is 39.4 Å². The van der Waals surface area contributed by atoms with Gasteiger partial charge in [0.15, 0.2) is 0 Å². The SMILES string of the molecule is Cc1cc([N+](=O)[O-])ccc1C(=O)NC(CCl)C(C)C. The first-order valence-corrected chi connectivity index (χ1v) is 6.52. The average Bonchev–Trinajstić information content (AvgIpc) is 2.34. The van der Waals surface area contributed by atoms with E-state index >= 15 is 0 Å². The van der Waals surface area contributed by atoms with Crippen LogP contribution in [0.25, 0.3) is 0 Å². The molecule has 0 bridgehead atoms. The fourth-order valence-corrected chi connectivity index (χ4v) is 2.08. The molecule has 0 spiro atoms. The van der Waals surface area contributed by atoms with Gasteiger partial charge >= 0.3 is 0 Å². The number of nitrogens with one attached hydrogen (secondary N) is 1. The lowest BCUT2D eigenvalue weighted by atomic mass is 10.0. The molecule has 104 valence electrons. The number of nitrogens with zero attached hydrogens (tertiary/aromatic N) is 1. The third-order valence-corrected chi connectivity index (χ3v) is 3.29. The van der Waals surface area contributed by atoms with E-state index in [2.05, 4.69) is 5.32 Å². The summed E-state index contributed by atoms with van der Waals surface area (Å²) in [5.41, 5.74) is 0.983. The molecular formula is C13H17ClN2O3. The number of amides is 1. The van der Waals surface area contributed by atoms with Crippen LogP contribution in [0, 0.1) is 23.0 Å². The Kier molecular flexibility index (Phi) is 5.30. The van der Waals surface area contributed by atoms with Gasteiger partial charge in [0.25, 0.3) is 11.6 Å². The number of rotatable bonds is 5. The number of hydrogen-bond donors (Lipinski definition) is 1. The monoisotopic (exact) mass is 284 g/mol. The van der Waals surface area contributed by atoms with Crippen LogP contribution in [0.1, 0.15) is 29.8 Å². The second-order valence-electron chi connectivity index (χ2n) is 4.73. The van der Waals surface area contributed by atoms with Crippen molar-refractivity contribution in [3.63, 3.8) is 0 Å². The van der Waals surface area contributed by atoms with Crippen molar-refractivity contribution < 1.29 is 9.72 Å². The third-order valence-electron chi connectivity index (χ3n) is 2.95. The molecule has 0 saturated heterocycles. The summed E-state index contributed by atoms with van der Waals surface area (Å²) in [6, 6.07) is 4.06. The quantitative estimate of drug-likeness (QED) is 0.513. The lowest BCUT2D eigenvalue weighted by molar-refractivity contribution is -0.384. The number of non-ortho nitro benzene ring substituents is 1. The maximum absolute atomic E-state index is 12.1. The maximum atomic E-state index is 12.1. The van der Waals surface area contributed by atoms with Gasteiger partial charge in [0.1, 0.15) is 0 Å². The average molecular weight is 285 g/mol. The van der Waals surface area contributed by atoms with Gasteiger partial charge in [-0.2, -0.15) is 0 Å². The predicted molar refractivity (Wildman–Crippen MR) is 74.6 cm³/mol. The number of carbonyl (C=O) groups excluding carboxylic acids is 1. The minimum atomic E-state index is -0.482. The molecule has 1 unspecified atom stereocenters. The summed E-state index contributed by atoms with van der Waals surface area (Å²) >= 11 is 5.80. The molecule has 5 nitrogen and oxygen atoms in total. The van der Waals surface area contributed by atoms with E-state index in [1.807, 2.05) is 13.8 Å². The highest BCUT2D eigenvalue weighted by Crippen LogP contribution is 2.17. The van der Waals surface area contributed by atoms with Gasteiger partial charge in [-0.05, 0) is 24.5 Å². The first kappa shape index (κ1) is 15.4. The predicted octanol–water partition coefficient (Wildman–Crippen LogP) is 2.90. The molecule has 0 aliphatic heterocycles. The Hall–Kier alpha value is -1.62. The third kappa shape index (κ3) is 3.92. The van der Waals surface area contributed by atoms with E-state index < -0.39 is 4.92 Å².